The van der Waals surface area contributed by atoms with Crippen LogP contribution in [-0.4, -0.2) is 31.1 Å². The minimum Gasteiger partial charge on any atom is -0.301 e. The Morgan fingerprint density at radius 2 is 2.09 bits per heavy atom. The summed E-state index contributed by atoms with van der Waals surface area (Å²) in [6.07, 6.45) is 1.88. The van der Waals surface area contributed by atoms with E-state index < -0.39 is 0 Å². The van der Waals surface area contributed by atoms with Crippen LogP contribution in [0.15, 0.2) is 0 Å². The predicted molar refractivity (Wildman–Crippen MR) is 40.3 cm³/mol. The number of nitrogens with zero attached hydrogens (tertiary/aromatic N) is 2. The molecule has 0 unspecified atom stereocenters. The Bertz CT molecular complexity index is 145. The van der Waals surface area contributed by atoms with E-state index >= 15 is 0 Å². The zero-order valence-electron chi connectivity index (χ0n) is 6.62. The summed E-state index contributed by atoms with van der Waals surface area (Å²) in [5.74, 6) is 0.234. The van der Waals surface area contributed by atoms with Gasteiger partial charge in [-0.1, -0.05) is 0 Å². The van der Waals surface area contributed by atoms with Gasteiger partial charge in [-0.3, -0.25) is 0 Å². The highest BCUT2D eigenvalue weighted by molar-refractivity contribution is 4.87. The second-order valence-corrected chi connectivity index (χ2v) is 2.95. The summed E-state index contributed by atoms with van der Waals surface area (Å²) in [5, 5.41) is 18.8. The number of likely N-dealkylation sites (tertiary alicyclic amines) is 1. The Labute approximate surface area is 67.2 Å². The largest absolute Gasteiger partial charge is 0.301 e. The van der Waals surface area contributed by atoms with E-state index in [4.69, 9.17) is 5.26 Å². The topological polar surface area (TPSA) is 46.9 Å². The zero-order valence-corrected chi connectivity index (χ0v) is 6.62. The number of hydrogen-bond acceptors (Lipinski definition) is 2. The lowest BCUT2D eigenvalue weighted by Crippen LogP contribution is -2.35. The van der Waals surface area contributed by atoms with Gasteiger partial charge in [0.2, 0.25) is 0 Å². The molecule has 3 nitrogen and oxygen atoms in total. The average molecular weight is 153 g/mol. The molecule has 0 saturated carbocycles. The van der Waals surface area contributed by atoms with Crippen molar-refractivity contribution < 1.29 is 5.11 Å². The smallest absolute Gasteiger partial charge is 0.0949 e. The van der Waals surface area contributed by atoms with Gasteiger partial charge in [-0.05, 0) is 25.9 Å². The molecule has 1 fully saturated rings. The zero-order chi connectivity index (χ0) is 8.10. The van der Waals surface area contributed by atoms with Crippen molar-refractivity contribution >= 4 is 0 Å². The van der Waals surface area contributed by atoms with Crippen molar-refractivity contribution in [3.63, 3.8) is 0 Å². The van der Waals surface area contributed by atoms with Gasteiger partial charge in [-0.25, -0.2) is 5.11 Å². The van der Waals surface area contributed by atoms with Crippen LogP contribution in [0.5, 0.6) is 0 Å². The third kappa shape index (κ3) is 2.49. The number of rotatable bonds is 2. The van der Waals surface area contributed by atoms with Crippen molar-refractivity contribution in [1.82, 2.24) is 4.90 Å². The van der Waals surface area contributed by atoms with Crippen LogP contribution >= 0.6 is 0 Å². The van der Waals surface area contributed by atoms with Gasteiger partial charge < -0.3 is 4.90 Å². The summed E-state index contributed by atoms with van der Waals surface area (Å²) < 4.78 is 0. The minimum atomic E-state index is -0.0166. The molecule has 61 valence electrons. The molecule has 1 saturated heterocycles. The summed E-state index contributed by atoms with van der Waals surface area (Å²) in [7, 11) is 0. The van der Waals surface area contributed by atoms with Gasteiger partial charge in [0.05, 0.1) is 12.7 Å². The fourth-order valence-electron chi connectivity index (χ4n) is 1.41. The van der Waals surface area contributed by atoms with Gasteiger partial charge in [0, 0.05) is 12.5 Å². The normalized spacial score (nSPS) is 21.5. The summed E-state index contributed by atoms with van der Waals surface area (Å²) >= 11 is 0. The summed E-state index contributed by atoms with van der Waals surface area (Å²) in [6, 6.07) is 2.26. The van der Waals surface area contributed by atoms with Crippen LogP contribution in [-0.2, 0) is 5.11 Å². The van der Waals surface area contributed by atoms with Gasteiger partial charge in [0.1, 0.15) is 0 Å². The summed E-state index contributed by atoms with van der Waals surface area (Å²) in [6.45, 7) is 2.50. The molecule has 0 N–H and O–H groups in total. The third-order valence-corrected chi connectivity index (χ3v) is 2.18. The monoisotopic (exact) mass is 153 g/mol. The lowest BCUT2D eigenvalue weighted by Gasteiger charge is -2.27. The van der Waals surface area contributed by atoms with Crippen molar-refractivity contribution in [3.8, 4) is 6.07 Å². The van der Waals surface area contributed by atoms with E-state index in [9.17, 15) is 5.11 Å². The van der Waals surface area contributed by atoms with Crippen LogP contribution in [0.1, 0.15) is 12.8 Å². The maximum absolute atomic E-state index is 10.2. The highest BCUT2D eigenvalue weighted by atomic mass is 16.3. The van der Waals surface area contributed by atoms with Crippen LogP contribution in [0.3, 0.4) is 0 Å². The van der Waals surface area contributed by atoms with Gasteiger partial charge in [-0.15, -0.1) is 0 Å². The molecule has 1 aliphatic heterocycles. The highest BCUT2D eigenvalue weighted by Gasteiger charge is 2.17. The Balaban J connectivity index is 2.20. The van der Waals surface area contributed by atoms with E-state index in [0.29, 0.717) is 6.54 Å². The van der Waals surface area contributed by atoms with Crippen LogP contribution < -0.4 is 0 Å². The first-order chi connectivity index (χ1) is 5.36. The van der Waals surface area contributed by atoms with Crippen LogP contribution in [0, 0.1) is 17.2 Å². The molecule has 0 aliphatic carbocycles. The molecule has 1 heterocycles. The minimum absolute atomic E-state index is 0.0166. The lowest BCUT2D eigenvalue weighted by atomic mass is 9.99. The first-order valence-corrected chi connectivity index (χ1v) is 4.07. The fraction of sp³-hybridized carbons (Fsp3) is 0.875. The van der Waals surface area contributed by atoms with Crippen molar-refractivity contribution in [2.75, 3.05) is 26.2 Å². The number of piperidine rings is 1. The maximum Gasteiger partial charge on any atom is 0.0949 e. The molecule has 11 heavy (non-hydrogen) atoms. The van der Waals surface area contributed by atoms with Crippen molar-refractivity contribution in [2.45, 2.75) is 12.8 Å². The molecule has 3 heteroatoms. The molecule has 0 aromatic rings. The van der Waals surface area contributed by atoms with Gasteiger partial charge >= 0.3 is 0 Å². The van der Waals surface area contributed by atoms with E-state index in [2.05, 4.69) is 11.0 Å². The predicted octanol–water partition coefficient (Wildman–Crippen LogP) is 0.652. The SMILES string of the molecule is N#CC1CCN(CC[O])CC1. The van der Waals surface area contributed by atoms with Crippen LogP contribution in [0.2, 0.25) is 0 Å². The fourth-order valence-corrected chi connectivity index (χ4v) is 1.41. The molecule has 1 aliphatic rings. The summed E-state index contributed by atoms with van der Waals surface area (Å²) in [4.78, 5) is 2.14. The molecular weight excluding hydrogens is 140 g/mol. The molecule has 1 rings (SSSR count). The number of hydrogen-bond donors (Lipinski definition) is 0. The molecule has 0 aromatic carbocycles. The molecule has 0 atom stereocenters. The molecule has 0 amide bonds. The maximum atomic E-state index is 10.2. The van der Waals surface area contributed by atoms with E-state index in [1.54, 1.807) is 0 Å². The molecule has 0 spiro atoms. The number of nitriles is 1. The van der Waals surface area contributed by atoms with Gasteiger partial charge in [0.25, 0.3) is 0 Å². The molecule has 0 bridgehead atoms. The van der Waals surface area contributed by atoms with Gasteiger partial charge in [0.15, 0.2) is 0 Å². The van der Waals surface area contributed by atoms with Crippen molar-refractivity contribution in [3.05, 3.63) is 0 Å². The molecule has 1 radical (unpaired) electrons. The second-order valence-electron chi connectivity index (χ2n) is 2.95. The van der Waals surface area contributed by atoms with E-state index in [-0.39, 0.29) is 12.5 Å². The average Bonchev–Trinajstić information content (AvgIpc) is 2.07. The van der Waals surface area contributed by atoms with Crippen molar-refractivity contribution in [1.29, 1.82) is 5.26 Å². The van der Waals surface area contributed by atoms with Crippen molar-refractivity contribution in [2.24, 2.45) is 5.92 Å². The quantitative estimate of drug-likeness (QED) is 0.584. The van der Waals surface area contributed by atoms with Crippen LogP contribution in [0.25, 0.3) is 0 Å². The summed E-state index contributed by atoms with van der Waals surface area (Å²) in [5.41, 5.74) is 0. The Hall–Kier alpha value is -0.590. The molecular formula is C8H13N2O. The first-order valence-electron chi connectivity index (χ1n) is 4.07. The highest BCUT2D eigenvalue weighted by Crippen LogP contribution is 2.14. The van der Waals surface area contributed by atoms with Crippen LogP contribution in [0.4, 0.5) is 0 Å². The Morgan fingerprint density at radius 3 is 2.55 bits per heavy atom. The first kappa shape index (κ1) is 8.51. The Kier molecular flexibility index (Phi) is 3.34. The third-order valence-electron chi connectivity index (χ3n) is 2.18. The van der Waals surface area contributed by atoms with E-state index in [0.717, 1.165) is 25.9 Å². The lowest BCUT2D eigenvalue weighted by molar-refractivity contribution is 0.121. The second kappa shape index (κ2) is 4.32. The standard InChI is InChI=1S/C8H13N2O/c9-7-8-1-3-10(4-2-8)5-6-11/h8H,1-6H2. The van der Waals surface area contributed by atoms with E-state index in [1.807, 2.05) is 0 Å². The molecule has 0 aromatic heterocycles. The van der Waals surface area contributed by atoms with Gasteiger partial charge in [-0.2, -0.15) is 5.26 Å². The van der Waals surface area contributed by atoms with E-state index in [1.165, 1.54) is 0 Å². The Morgan fingerprint density at radius 1 is 1.45 bits per heavy atom.